The van der Waals surface area contributed by atoms with Crippen molar-refractivity contribution < 1.29 is 14.3 Å². The normalized spacial score (nSPS) is 17.1. The van der Waals surface area contributed by atoms with Gasteiger partial charge in [-0.2, -0.15) is 15.1 Å². The Bertz CT molecular complexity index is 709. The summed E-state index contributed by atoms with van der Waals surface area (Å²) in [5.41, 5.74) is 5.51. The molecule has 0 spiro atoms. The van der Waals surface area contributed by atoms with Crippen molar-refractivity contribution in [1.29, 1.82) is 0 Å². The Hall–Kier alpha value is -2.84. The Kier molecular flexibility index (Phi) is 4.50. The van der Waals surface area contributed by atoms with Crippen molar-refractivity contribution in [2.75, 3.05) is 25.7 Å². The molecule has 0 aromatic carbocycles. The highest BCUT2D eigenvalue weighted by Gasteiger charge is 2.28. The summed E-state index contributed by atoms with van der Waals surface area (Å²) in [6.45, 7) is 1.46. The van der Waals surface area contributed by atoms with E-state index in [2.05, 4.69) is 20.0 Å². The van der Waals surface area contributed by atoms with Crippen molar-refractivity contribution in [3.8, 4) is 11.8 Å². The quantitative estimate of drug-likeness (QED) is 0.818. The number of rotatable bonds is 6. The second kappa shape index (κ2) is 6.73. The molecule has 1 aliphatic heterocycles. The molecule has 1 fully saturated rings. The van der Waals surface area contributed by atoms with Gasteiger partial charge in [-0.3, -0.25) is 9.48 Å². The molecule has 9 nitrogen and oxygen atoms in total. The largest absolute Gasteiger partial charge is 0.481 e. The molecule has 2 aromatic rings. The Morgan fingerprint density at radius 2 is 2.04 bits per heavy atom. The summed E-state index contributed by atoms with van der Waals surface area (Å²) in [5, 5.41) is 4.19. The van der Waals surface area contributed by atoms with Gasteiger partial charge in [0, 0.05) is 12.7 Å². The predicted molar refractivity (Wildman–Crippen MR) is 86.2 cm³/mol. The number of anilines is 1. The van der Waals surface area contributed by atoms with Crippen LogP contribution in [0.1, 0.15) is 23.3 Å². The first-order chi connectivity index (χ1) is 11.6. The fraction of sp³-hybridized carbons (Fsp3) is 0.467. The van der Waals surface area contributed by atoms with Crippen LogP contribution in [0.4, 0.5) is 5.95 Å². The number of hydrogen-bond donors (Lipinski definition) is 1. The Morgan fingerprint density at radius 1 is 1.33 bits per heavy atom. The van der Waals surface area contributed by atoms with Gasteiger partial charge < -0.3 is 20.1 Å². The van der Waals surface area contributed by atoms with Crippen LogP contribution in [0, 0.1) is 0 Å². The predicted octanol–water partition coefficient (Wildman–Crippen LogP) is 0.458. The third-order valence-corrected chi connectivity index (χ3v) is 4.01. The molecular formula is C15H20N6O3. The number of amides is 1. The lowest BCUT2D eigenvalue weighted by atomic mass is 10.2. The van der Waals surface area contributed by atoms with E-state index in [1.807, 2.05) is 0 Å². The van der Waals surface area contributed by atoms with Gasteiger partial charge in [0.05, 0.1) is 32.9 Å². The molecule has 24 heavy (non-hydrogen) atoms. The lowest BCUT2D eigenvalue weighted by Crippen LogP contribution is -2.34. The first-order valence-electron chi connectivity index (χ1n) is 7.67. The van der Waals surface area contributed by atoms with Gasteiger partial charge in [-0.25, -0.2) is 0 Å². The highest BCUT2D eigenvalue weighted by molar-refractivity contribution is 5.90. The second-order valence-corrected chi connectivity index (χ2v) is 5.53. The van der Waals surface area contributed by atoms with E-state index in [1.54, 1.807) is 37.2 Å². The third-order valence-electron chi connectivity index (χ3n) is 4.01. The van der Waals surface area contributed by atoms with E-state index in [9.17, 15) is 4.79 Å². The smallest absolute Gasteiger partial charge is 0.269 e. The summed E-state index contributed by atoms with van der Waals surface area (Å²) in [7, 11) is 3.12. The average Bonchev–Trinajstić information content (AvgIpc) is 3.24. The number of ether oxygens (including phenoxy) is 2. The molecule has 2 N–H and O–H groups in total. The molecule has 0 saturated carbocycles. The van der Waals surface area contributed by atoms with Gasteiger partial charge in [0.15, 0.2) is 0 Å². The van der Waals surface area contributed by atoms with E-state index in [1.165, 1.54) is 0 Å². The Labute approximate surface area is 139 Å². The van der Waals surface area contributed by atoms with E-state index >= 15 is 0 Å². The van der Waals surface area contributed by atoms with E-state index in [0.717, 1.165) is 19.4 Å². The number of aromatic nitrogens is 4. The number of nitrogens with two attached hydrogens (primary N) is 1. The molecule has 1 amide bonds. The highest BCUT2D eigenvalue weighted by atomic mass is 16.5. The molecule has 1 atom stereocenters. The van der Waals surface area contributed by atoms with Crippen LogP contribution in [0.5, 0.6) is 11.8 Å². The van der Waals surface area contributed by atoms with Crippen molar-refractivity contribution in [3.63, 3.8) is 0 Å². The maximum atomic E-state index is 11.2. The summed E-state index contributed by atoms with van der Waals surface area (Å²) in [4.78, 5) is 22.1. The van der Waals surface area contributed by atoms with E-state index < -0.39 is 5.91 Å². The summed E-state index contributed by atoms with van der Waals surface area (Å²) >= 11 is 0. The van der Waals surface area contributed by atoms with Crippen LogP contribution in [0.3, 0.4) is 0 Å². The van der Waals surface area contributed by atoms with Crippen LogP contribution in [0.15, 0.2) is 18.3 Å². The molecule has 3 heterocycles. The molecule has 1 aliphatic rings. The molecule has 0 aliphatic carbocycles. The number of carbonyl (C=O) groups excluding carboxylic acids is 1. The molecule has 0 bridgehead atoms. The third kappa shape index (κ3) is 3.24. The van der Waals surface area contributed by atoms with E-state index in [0.29, 0.717) is 24.3 Å². The summed E-state index contributed by atoms with van der Waals surface area (Å²) < 4.78 is 12.1. The van der Waals surface area contributed by atoms with Gasteiger partial charge in [-0.05, 0) is 18.9 Å². The number of hydrogen-bond acceptors (Lipinski definition) is 7. The van der Waals surface area contributed by atoms with Crippen LogP contribution >= 0.6 is 0 Å². The first kappa shape index (κ1) is 16.0. The van der Waals surface area contributed by atoms with Gasteiger partial charge in [0.1, 0.15) is 5.69 Å². The van der Waals surface area contributed by atoms with Crippen molar-refractivity contribution in [2.45, 2.75) is 25.4 Å². The average molecular weight is 332 g/mol. The number of primary amides is 1. The van der Waals surface area contributed by atoms with Crippen molar-refractivity contribution in [3.05, 3.63) is 24.0 Å². The molecule has 0 radical (unpaired) electrons. The van der Waals surface area contributed by atoms with Gasteiger partial charge >= 0.3 is 0 Å². The molecule has 1 unspecified atom stereocenters. The van der Waals surface area contributed by atoms with Crippen LogP contribution in [0.25, 0.3) is 0 Å². The Balaban J connectivity index is 1.81. The van der Waals surface area contributed by atoms with Crippen molar-refractivity contribution in [2.24, 2.45) is 5.73 Å². The summed E-state index contributed by atoms with van der Waals surface area (Å²) in [6, 6.07) is 3.43. The summed E-state index contributed by atoms with van der Waals surface area (Å²) in [5.74, 6) is 0.948. The second-order valence-electron chi connectivity index (χ2n) is 5.53. The minimum Gasteiger partial charge on any atom is -0.481 e. The fourth-order valence-electron chi connectivity index (χ4n) is 2.83. The minimum atomic E-state index is -0.530. The van der Waals surface area contributed by atoms with Crippen LogP contribution < -0.4 is 20.1 Å². The minimum absolute atomic E-state index is 0.169. The van der Waals surface area contributed by atoms with Crippen molar-refractivity contribution >= 4 is 11.9 Å². The first-order valence-corrected chi connectivity index (χ1v) is 7.67. The van der Waals surface area contributed by atoms with Gasteiger partial charge in [0.2, 0.25) is 17.7 Å². The van der Waals surface area contributed by atoms with E-state index in [4.69, 9.17) is 15.2 Å². The zero-order chi connectivity index (χ0) is 17.1. The van der Waals surface area contributed by atoms with Gasteiger partial charge in [-0.1, -0.05) is 0 Å². The SMILES string of the molecule is COc1cc(OC)nc(N2CCCC2Cn2ccc(C(N)=O)n2)n1. The monoisotopic (exact) mass is 332 g/mol. The zero-order valence-electron chi connectivity index (χ0n) is 13.7. The van der Waals surface area contributed by atoms with Gasteiger partial charge in [-0.15, -0.1) is 0 Å². The highest BCUT2D eigenvalue weighted by Crippen LogP contribution is 2.27. The topological polar surface area (TPSA) is 108 Å². The zero-order valence-corrected chi connectivity index (χ0v) is 13.7. The van der Waals surface area contributed by atoms with Gasteiger partial charge in [0.25, 0.3) is 5.91 Å². The standard InChI is InChI=1S/C15H20N6O3/c1-23-12-8-13(24-2)18-15(17-12)21-6-3-4-10(21)9-20-7-5-11(19-20)14(16)22/h5,7-8,10H,3-4,6,9H2,1-2H3,(H2,16,22). The van der Waals surface area contributed by atoms with Crippen LogP contribution in [-0.4, -0.2) is 52.5 Å². The van der Waals surface area contributed by atoms with Crippen LogP contribution in [0.2, 0.25) is 0 Å². The lowest BCUT2D eigenvalue weighted by molar-refractivity contribution is 0.0994. The number of methoxy groups -OCH3 is 2. The van der Waals surface area contributed by atoms with E-state index in [-0.39, 0.29) is 11.7 Å². The fourth-order valence-corrected chi connectivity index (χ4v) is 2.83. The number of carbonyl (C=O) groups is 1. The van der Waals surface area contributed by atoms with Crippen molar-refractivity contribution in [1.82, 2.24) is 19.7 Å². The summed E-state index contributed by atoms with van der Waals surface area (Å²) in [6.07, 6.45) is 3.76. The Morgan fingerprint density at radius 3 is 2.62 bits per heavy atom. The van der Waals surface area contributed by atoms with Crippen LogP contribution in [-0.2, 0) is 6.54 Å². The molecule has 9 heteroatoms. The lowest BCUT2D eigenvalue weighted by Gasteiger charge is -2.25. The molecule has 1 saturated heterocycles. The molecular weight excluding hydrogens is 312 g/mol. The molecule has 2 aromatic heterocycles. The maximum Gasteiger partial charge on any atom is 0.269 e. The number of nitrogens with zero attached hydrogens (tertiary/aromatic N) is 5. The molecule has 128 valence electrons. The maximum absolute atomic E-state index is 11.2. The molecule has 3 rings (SSSR count).